The first kappa shape index (κ1) is 23.1. The highest BCUT2D eigenvalue weighted by Crippen LogP contribution is 2.34. The summed E-state index contributed by atoms with van der Waals surface area (Å²) in [6.07, 6.45) is 1.63. The molecule has 1 aromatic heterocycles. The second-order valence-corrected chi connectivity index (χ2v) is 9.00. The number of fused-ring (bicyclic) bond motifs is 1. The standard InChI is InChI=1S/C24H33N3O3S/c1-5-18(4)27(24(29)25-6-2)15-23(28)26-13-11-22-20(12-14-31-22)21(26)16-30-19-9-7-17(3)8-10-19/h7-10,12,14,18,21H,5-6,11,13,15-16H2,1-4H3,(H,25,29)/t18-,21-/m1/s1. The van der Waals surface area contributed by atoms with E-state index in [1.165, 1.54) is 10.4 Å². The van der Waals surface area contributed by atoms with Gasteiger partial charge in [0.2, 0.25) is 5.91 Å². The molecule has 7 heteroatoms. The summed E-state index contributed by atoms with van der Waals surface area (Å²) in [6.45, 7) is 9.57. The van der Waals surface area contributed by atoms with Crippen LogP contribution in [-0.2, 0) is 11.2 Å². The van der Waals surface area contributed by atoms with Crippen LogP contribution in [0, 0.1) is 6.92 Å². The van der Waals surface area contributed by atoms with Crippen LogP contribution in [0.15, 0.2) is 35.7 Å². The lowest BCUT2D eigenvalue weighted by atomic mass is 10.00. The van der Waals surface area contributed by atoms with Gasteiger partial charge in [-0.15, -0.1) is 11.3 Å². The third-order valence-electron chi connectivity index (χ3n) is 5.86. The van der Waals surface area contributed by atoms with Gasteiger partial charge in [-0.25, -0.2) is 4.79 Å². The van der Waals surface area contributed by atoms with E-state index >= 15 is 0 Å². The van der Waals surface area contributed by atoms with Crippen LogP contribution in [0.1, 0.15) is 49.2 Å². The van der Waals surface area contributed by atoms with Gasteiger partial charge >= 0.3 is 6.03 Å². The molecule has 0 unspecified atom stereocenters. The number of hydrogen-bond acceptors (Lipinski definition) is 4. The Morgan fingerprint density at radius 1 is 1.26 bits per heavy atom. The van der Waals surface area contributed by atoms with Crippen LogP contribution >= 0.6 is 11.3 Å². The molecule has 0 saturated heterocycles. The first-order chi connectivity index (χ1) is 14.9. The lowest BCUT2D eigenvalue weighted by Gasteiger charge is -2.38. The maximum atomic E-state index is 13.4. The largest absolute Gasteiger partial charge is 0.491 e. The number of nitrogens with one attached hydrogen (secondary N) is 1. The predicted octanol–water partition coefficient (Wildman–Crippen LogP) is 4.39. The molecular formula is C24H33N3O3S. The summed E-state index contributed by atoms with van der Waals surface area (Å²) in [6, 6.07) is 9.69. The van der Waals surface area contributed by atoms with Crippen molar-refractivity contribution in [1.82, 2.24) is 15.1 Å². The lowest BCUT2D eigenvalue weighted by Crippen LogP contribution is -2.52. The number of benzene rings is 1. The summed E-state index contributed by atoms with van der Waals surface area (Å²) in [5.41, 5.74) is 2.34. The van der Waals surface area contributed by atoms with Crippen LogP contribution in [-0.4, -0.2) is 54.0 Å². The molecule has 31 heavy (non-hydrogen) atoms. The Bertz CT molecular complexity index is 880. The van der Waals surface area contributed by atoms with Gasteiger partial charge in [-0.1, -0.05) is 24.6 Å². The molecule has 0 aliphatic carbocycles. The van der Waals surface area contributed by atoms with Crippen molar-refractivity contribution in [2.24, 2.45) is 0 Å². The molecule has 1 aromatic carbocycles. The molecular weight excluding hydrogens is 410 g/mol. The normalized spacial score (nSPS) is 16.4. The number of carbonyl (C=O) groups excluding carboxylic acids is 2. The molecule has 0 fully saturated rings. The topological polar surface area (TPSA) is 61.9 Å². The molecule has 3 amide bonds. The molecule has 1 N–H and O–H groups in total. The van der Waals surface area contributed by atoms with Crippen LogP contribution in [0.5, 0.6) is 5.75 Å². The van der Waals surface area contributed by atoms with Crippen molar-refractivity contribution in [3.8, 4) is 5.75 Å². The zero-order valence-corrected chi connectivity index (χ0v) is 19.7. The third kappa shape index (κ3) is 5.58. The molecule has 168 valence electrons. The molecule has 6 nitrogen and oxygen atoms in total. The van der Waals surface area contributed by atoms with E-state index in [0.29, 0.717) is 19.7 Å². The molecule has 3 rings (SSSR count). The Labute approximate surface area is 189 Å². The average Bonchev–Trinajstić information content (AvgIpc) is 3.25. The summed E-state index contributed by atoms with van der Waals surface area (Å²) in [5, 5.41) is 4.92. The second kappa shape index (κ2) is 10.7. The van der Waals surface area contributed by atoms with Gasteiger partial charge in [-0.05, 0) is 62.8 Å². The van der Waals surface area contributed by atoms with Gasteiger partial charge in [-0.2, -0.15) is 0 Å². The number of rotatable bonds is 8. The van der Waals surface area contributed by atoms with E-state index < -0.39 is 0 Å². The minimum atomic E-state index is -0.189. The van der Waals surface area contributed by atoms with Crippen LogP contribution in [0.2, 0.25) is 0 Å². The molecule has 1 aliphatic rings. The number of urea groups is 1. The monoisotopic (exact) mass is 443 g/mol. The van der Waals surface area contributed by atoms with Gasteiger partial charge in [0.15, 0.2) is 0 Å². The average molecular weight is 444 g/mol. The van der Waals surface area contributed by atoms with Gasteiger partial charge in [-0.3, -0.25) is 4.79 Å². The fraction of sp³-hybridized carbons (Fsp3) is 0.500. The zero-order valence-electron chi connectivity index (χ0n) is 18.9. The van der Waals surface area contributed by atoms with Crippen molar-refractivity contribution in [2.75, 3.05) is 26.2 Å². The minimum Gasteiger partial charge on any atom is -0.491 e. The van der Waals surface area contributed by atoms with E-state index in [-0.39, 0.29) is 30.6 Å². The fourth-order valence-electron chi connectivity index (χ4n) is 3.82. The minimum absolute atomic E-state index is 0.0146. The van der Waals surface area contributed by atoms with Gasteiger partial charge < -0.3 is 19.9 Å². The van der Waals surface area contributed by atoms with Crippen LogP contribution in [0.3, 0.4) is 0 Å². The summed E-state index contributed by atoms with van der Waals surface area (Å²) >= 11 is 1.73. The molecule has 2 heterocycles. The third-order valence-corrected chi connectivity index (χ3v) is 6.86. The lowest BCUT2D eigenvalue weighted by molar-refractivity contribution is -0.135. The molecule has 0 bridgehead atoms. The Morgan fingerprint density at radius 3 is 2.68 bits per heavy atom. The molecule has 0 radical (unpaired) electrons. The van der Waals surface area contributed by atoms with E-state index in [2.05, 4.69) is 16.8 Å². The highest BCUT2D eigenvalue weighted by atomic mass is 32.1. The second-order valence-electron chi connectivity index (χ2n) is 8.00. The molecule has 2 aromatic rings. The van der Waals surface area contributed by atoms with E-state index in [1.54, 1.807) is 16.2 Å². The van der Waals surface area contributed by atoms with Gasteiger partial charge in [0.1, 0.15) is 18.9 Å². The van der Waals surface area contributed by atoms with Gasteiger partial charge in [0, 0.05) is 24.0 Å². The van der Waals surface area contributed by atoms with Crippen molar-refractivity contribution in [1.29, 1.82) is 0 Å². The smallest absolute Gasteiger partial charge is 0.318 e. The Hall–Kier alpha value is -2.54. The predicted molar refractivity (Wildman–Crippen MR) is 125 cm³/mol. The number of carbonyl (C=O) groups is 2. The van der Waals surface area contributed by atoms with Crippen molar-refractivity contribution >= 4 is 23.3 Å². The Morgan fingerprint density at radius 2 is 2.00 bits per heavy atom. The van der Waals surface area contributed by atoms with E-state index in [9.17, 15) is 9.59 Å². The zero-order chi connectivity index (χ0) is 22.4. The van der Waals surface area contributed by atoms with E-state index in [1.807, 2.05) is 56.9 Å². The maximum Gasteiger partial charge on any atom is 0.318 e. The summed E-state index contributed by atoms with van der Waals surface area (Å²) < 4.78 is 6.08. The number of thiophene rings is 1. The fourth-order valence-corrected chi connectivity index (χ4v) is 4.75. The van der Waals surface area contributed by atoms with Gasteiger partial charge in [0.25, 0.3) is 0 Å². The van der Waals surface area contributed by atoms with Crippen molar-refractivity contribution in [3.05, 3.63) is 51.7 Å². The Balaban J connectivity index is 1.77. The highest BCUT2D eigenvalue weighted by molar-refractivity contribution is 7.10. The summed E-state index contributed by atoms with van der Waals surface area (Å²) in [5.74, 6) is 0.754. The van der Waals surface area contributed by atoms with Crippen LogP contribution < -0.4 is 10.1 Å². The van der Waals surface area contributed by atoms with Crippen molar-refractivity contribution in [2.45, 2.75) is 52.6 Å². The number of nitrogens with zero attached hydrogens (tertiary/aromatic N) is 2. The van der Waals surface area contributed by atoms with E-state index in [0.717, 1.165) is 24.2 Å². The van der Waals surface area contributed by atoms with Crippen LogP contribution in [0.25, 0.3) is 0 Å². The number of ether oxygens (including phenoxy) is 1. The summed E-state index contributed by atoms with van der Waals surface area (Å²) in [4.78, 5) is 30.8. The number of hydrogen-bond donors (Lipinski definition) is 1. The number of aryl methyl sites for hydroxylation is 1. The first-order valence-corrected chi connectivity index (χ1v) is 11.9. The van der Waals surface area contributed by atoms with Gasteiger partial charge in [0.05, 0.1) is 6.04 Å². The molecule has 0 saturated carbocycles. The van der Waals surface area contributed by atoms with Crippen LogP contribution in [0.4, 0.5) is 4.79 Å². The quantitative estimate of drug-likeness (QED) is 0.658. The maximum absolute atomic E-state index is 13.4. The molecule has 0 spiro atoms. The first-order valence-electron chi connectivity index (χ1n) is 11.0. The SMILES string of the molecule is CCNC(=O)N(CC(=O)N1CCc2sccc2[C@H]1COc1ccc(C)cc1)[C@H](C)CC. The molecule has 2 atom stereocenters. The highest BCUT2D eigenvalue weighted by Gasteiger charge is 2.34. The Kier molecular flexibility index (Phi) is 7.96. The molecule has 1 aliphatic heterocycles. The number of amides is 3. The van der Waals surface area contributed by atoms with Crippen molar-refractivity contribution < 1.29 is 14.3 Å². The summed E-state index contributed by atoms with van der Waals surface area (Å²) in [7, 11) is 0. The van der Waals surface area contributed by atoms with Crippen molar-refractivity contribution in [3.63, 3.8) is 0 Å². The van der Waals surface area contributed by atoms with E-state index in [4.69, 9.17) is 4.74 Å².